The van der Waals surface area contributed by atoms with Crippen LogP contribution in [0.25, 0.3) is 0 Å². The smallest absolute Gasteiger partial charge is 0.321 e. The van der Waals surface area contributed by atoms with Crippen molar-refractivity contribution in [3.05, 3.63) is 60.2 Å². The summed E-state index contributed by atoms with van der Waals surface area (Å²) in [5.74, 6) is 2.24. The summed E-state index contributed by atoms with van der Waals surface area (Å²) in [6.07, 6.45) is 11.2. The van der Waals surface area contributed by atoms with Gasteiger partial charge in [0, 0.05) is 18.8 Å². The normalized spacial score (nSPS) is 17.7. The molecule has 2 aliphatic rings. The number of nitrogens with zero attached hydrogens (tertiary/aromatic N) is 2. The number of methoxy groups -OCH3 is 1. The number of urea groups is 1. The van der Waals surface area contributed by atoms with E-state index in [-0.39, 0.29) is 6.03 Å². The number of ether oxygens (including phenoxy) is 1. The second-order valence-electron chi connectivity index (χ2n) is 10.4. The van der Waals surface area contributed by atoms with Crippen molar-refractivity contribution in [3.8, 4) is 5.75 Å². The fraction of sp³-hybridized carbons (Fsp3) is 0.567. The maximum absolute atomic E-state index is 13.2. The molecule has 2 aromatic carbocycles. The molecule has 0 unspecified atom stereocenters. The van der Waals surface area contributed by atoms with Crippen molar-refractivity contribution in [2.45, 2.75) is 57.8 Å². The first kappa shape index (κ1) is 25.6. The highest BCUT2D eigenvalue weighted by Crippen LogP contribution is 2.25. The van der Waals surface area contributed by atoms with Gasteiger partial charge in [-0.3, -0.25) is 0 Å². The molecule has 0 aromatic heterocycles. The average Bonchev–Trinajstić information content (AvgIpc) is 2.91. The quantitative estimate of drug-likeness (QED) is 0.427. The van der Waals surface area contributed by atoms with E-state index in [1.54, 1.807) is 7.11 Å². The highest BCUT2D eigenvalue weighted by molar-refractivity contribution is 5.89. The Bertz CT molecular complexity index is 872. The first-order valence-corrected chi connectivity index (χ1v) is 13.7. The van der Waals surface area contributed by atoms with Gasteiger partial charge in [0.05, 0.1) is 7.11 Å². The van der Waals surface area contributed by atoms with Crippen molar-refractivity contribution in [2.75, 3.05) is 45.2 Å². The van der Waals surface area contributed by atoms with Crippen molar-refractivity contribution >= 4 is 11.7 Å². The highest BCUT2D eigenvalue weighted by Gasteiger charge is 2.23. The van der Waals surface area contributed by atoms with Crippen molar-refractivity contribution in [1.29, 1.82) is 0 Å². The Kier molecular flexibility index (Phi) is 9.88. The number of hydrogen-bond acceptors (Lipinski definition) is 3. The summed E-state index contributed by atoms with van der Waals surface area (Å²) in [6, 6.07) is 18.5. The lowest BCUT2D eigenvalue weighted by molar-refractivity contribution is 0.163. The van der Waals surface area contributed by atoms with Crippen molar-refractivity contribution in [2.24, 2.45) is 11.8 Å². The number of piperidine rings is 1. The molecule has 4 rings (SSSR count). The monoisotopic (exact) mass is 477 g/mol. The molecule has 5 heteroatoms. The van der Waals surface area contributed by atoms with E-state index in [9.17, 15) is 4.79 Å². The van der Waals surface area contributed by atoms with Gasteiger partial charge in [-0.1, -0.05) is 49.6 Å². The molecule has 35 heavy (non-hydrogen) atoms. The zero-order chi connectivity index (χ0) is 24.3. The van der Waals surface area contributed by atoms with Gasteiger partial charge < -0.3 is 19.9 Å². The van der Waals surface area contributed by atoms with Crippen molar-refractivity contribution in [1.82, 2.24) is 9.80 Å². The van der Waals surface area contributed by atoms with Gasteiger partial charge in [-0.15, -0.1) is 0 Å². The van der Waals surface area contributed by atoms with Crippen LogP contribution < -0.4 is 10.1 Å². The third-order valence-electron chi connectivity index (χ3n) is 7.81. The third kappa shape index (κ3) is 8.28. The lowest BCUT2D eigenvalue weighted by Gasteiger charge is -2.33. The molecular weight excluding hydrogens is 434 g/mol. The predicted octanol–water partition coefficient (Wildman–Crippen LogP) is 6.45. The Hall–Kier alpha value is -2.53. The molecule has 0 bridgehead atoms. The Labute approximate surface area is 211 Å². The predicted molar refractivity (Wildman–Crippen MR) is 144 cm³/mol. The van der Waals surface area contributed by atoms with Gasteiger partial charge in [-0.25, -0.2) is 4.79 Å². The molecule has 2 amide bonds. The van der Waals surface area contributed by atoms with E-state index >= 15 is 0 Å². The molecule has 190 valence electrons. The third-order valence-corrected chi connectivity index (χ3v) is 7.81. The van der Waals surface area contributed by atoms with Crippen LogP contribution in [0.4, 0.5) is 10.5 Å². The van der Waals surface area contributed by atoms with Gasteiger partial charge in [0.1, 0.15) is 5.75 Å². The molecule has 1 saturated carbocycles. The highest BCUT2D eigenvalue weighted by atomic mass is 16.5. The number of benzene rings is 2. The summed E-state index contributed by atoms with van der Waals surface area (Å²) >= 11 is 0. The SMILES string of the molecule is COc1ccc(NC(=O)N(CCCN2CCC(Cc3ccccc3)CC2)CC2CCCCC2)cc1. The summed E-state index contributed by atoms with van der Waals surface area (Å²) in [6.45, 7) is 5.13. The van der Waals surface area contributed by atoms with E-state index < -0.39 is 0 Å². The van der Waals surface area contributed by atoms with Crippen LogP contribution in [0.1, 0.15) is 56.9 Å². The molecule has 0 atom stereocenters. The minimum Gasteiger partial charge on any atom is -0.497 e. The topological polar surface area (TPSA) is 44.8 Å². The zero-order valence-corrected chi connectivity index (χ0v) is 21.5. The molecule has 2 aromatic rings. The van der Waals surface area contributed by atoms with Gasteiger partial charge in [-0.2, -0.15) is 0 Å². The maximum atomic E-state index is 13.2. The minimum absolute atomic E-state index is 0.0299. The second kappa shape index (κ2) is 13.5. The lowest BCUT2D eigenvalue weighted by atomic mass is 9.89. The van der Waals surface area contributed by atoms with Crippen LogP contribution in [0.3, 0.4) is 0 Å². The van der Waals surface area contributed by atoms with E-state index in [2.05, 4.69) is 45.4 Å². The fourth-order valence-corrected chi connectivity index (χ4v) is 5.68. The van der Waals surface area contributed by atoms with Gasteiger partial charge in [0.15, 0.2) is 0 Å². The largest absolute Gasteiger partial charge is 0.497 e. The van der Waals surface area contributed by atoms with E-state index in [0.717, 1.165) is 43.4 Å². The average molecular weight is 478 g/mol. The van der Waals surface area contributed by atoms with Gasteiger partial charge in [-0.05, 0) is 99.8 Å². The van der Waals surface area contributed by atoms with Gasteiger partial charge >= 0.3 is 6.03 Å². The summed E-state index contributed by atoms with van der Waals surface area (Å²) < 4.78 is 5.24. The Morgan fingerprint density at radius 1 is 0.943 bits per heavy atom. The molecule has 2 fully saturated rings. The summed E-state index contributed by atoms with van der Waals surface area (Å²) in [7, 11) is 1.66. The molecule has 1 aliphatic carbocycles. The summed E-state index contributed by atoms with van der Waals surface area (Å²) in [4.78, 5) is 17.9. The zero-order valence-electron chi connectivity index (χ0n) is 21.5. The van der Waals surface area contributed by atoms with Crippen LogP contribution >= 0.6 is 0 Å². The molecular formula is C30H43N3O2. The van der Waals surface area contributed by atoms with Gasteiger partial charge in [0.25, 0.3) is 0 Å². The standard InChI is InChI=1S/C30H43N3O2/c1-35-29-15-13-28(14-16-29)31-30(34)33(24-27-11-6-3-7-12-27)20-8-19-32-21-17-26(18-22-32)23-25-9-4-2-5-10-25/h2,4-5,9-10,13-16,26-27H,3,6-8,11-12,17-24H2,1H3,(H,31,34). The maximum Gasteiger partial charge on any atom is 0.321 e. The number of anilines is 1. The number of amides is 2. The van der Waals surface area contributed by atoms with Crippen LogP contribution in [-0.4, -0.2) is 55.7 Å². The van der Waals surface area contributed by atoms with E-state index in [1.165, 1.54) is 70.0 Å². The number of rotatable bonds is 10. The Balaban J connectivity index is 1.24. The van der Waals surface area contributed by atoms with Crippen LogP contribution in [0.5, 0.6) is 5.75 Å². The van der Waals surface area contributed by atoms with E-state index in [1.807, 2.05) is 24.3 Å². The molecule has 0 radical (unpaired) electrons. The second-order valence-corrected chi connectivity index (χ2v) is 10.4. The fourth-order valence-electron chi connectivity index (χ4n) is 5.68. The lowest BCUT2D eigenvalue weighted by Crippen LogP contribution is -2.41. The molecule has 1 saturated heterocycles. The van der Waals surface area contributed by atoms with Crippen LogP contribution in [0.2, 0.25) is 0 Å². The molecule has 1 heterocycles. The van der Waals surface area contributed by atoms with E-state index in [0.29, 0.717) is 5.92 Å². The van der Waals surface area contributed by atoms with Crippen LogP contribution in [0, 0.1) is 11.8 Å². The first-order chi connectivity index (χ1) is 17.2. The number of nitrogens with one attached hydrogen (secondary N) is 1. The minimum atomic E-state index is 0.0299. The summed E-state index contributed by atoms with van der Waals surface area (Å²) in [5, 5.41) is 3.12. The number of carbonyl (C=O) groups is 1. The van der Waals surface area contributed by atoms with E-state index in [4.69, 9.17) is 4.74 Å². The first-order valence-electron chi connectivity index (χ1n) is 13.7. The van der Waals surface area contributed by atoms with Crippen LogP contribution in [0.15, 0.2) is 54.6 Å². The number of carbonyl (C=O) groups excluding carboxylic acids is 1. The number of likely N-dealkylation sites (tertiary alicyclic amines) is 1. The van der Waals surface area contributed by atoms with Crippen molar-refractivity contribution < 1.29 is 9.53 Å². The Morgan fingerprint density at radius 2 is 1.66 bits per heavy atom. The van der Waals surface area contributed by atoms with Gasteiger partial charge in [0.2, 0.25) is 0 Å². The molecule has 5 nitrogen and oxygen atoms in total. The Morgan fingerprint density at radius 3 is 2.34 bits per heavy atom. The van der Waals surface area contributed by atoms with Crippen molar-refractivity contribution in [3.63, 3.8) is 0 Å². The number of hydrogen-bond donors (Lipinski definition) is 1. The molecule has 1 N–H and O–H groups in total. The molecule has 0 spiro atoms. The van der Waals surface area contributed by atoms with Crippen LogP contribution in [-0.2, 0) is 6.42 Å². The summed E-state index contributed by atoms with van der Waals surface area (Å²) in [5.41, 5.74) is 2.29. The molecule has 1 aliphatic heterocycles.